The van der Waals surface area contributed by atoms with Gasteiger partial charge in [-0.2, -0.15) is 22.0 Å². The van der Waals surface area contributed by atoms with E-state index in [1.165, 1.54) is 12.1 Å². The molecule has 2 atom stereocenters. The third kappa shape index (κ3) is 7.91. The van der Waals surface area contributed by atoms with Gasteiger partial charge in [-0.05, 0) is 42.0 Å². The molecule has 1 N–H and O–H groups in total. The van der Waals surface area contributed by atoms with Crippen molar-refractivity contribution in [2.75, 3.05) is 23.8 Å². The Labute approximate surface area is 238 Å². The van der Waals surface area contributed by atoms with Gasteiger partial charge in [0.25, 0.3) is 5.91 Å². The molecule has 15 heteroatoms. The average molecular weight is 615 g/mol. The summed E-state index contributed by atoms with van der Waals surface area (Å²) < 4.78 is 97.9. The van der Waals surface area contributed by atoms with Crippen LogP contribution in [-0.4, -0.2) is 62.0 Å². The lowest BCUT2D eigenvalue weighted by atomic mass is 10.1. The maximum Gasteiger partial charge on any atom is 0.451 e. The highest BCUT2D eigenvalue weighted by molar-refractivity contribution is 7.91. The predicted molar refractivity (Wildman–Crippen MR) is 141 cm³/mol. The van der Waals surface area contributed by atoms with Crippen LogP contribution in [0.15, 0.2) is 65.8 Å². The zero-order chi connectivity index (χ0) is 30.5. The van der Waals surface area contributed by atoms with Crippen LogP contribution in [0.25, 0.3) is 0 Å². The monoisotopic (exact) mass is 614 g/mol. The van der Waals surface area contributed by atoms with Crippen molar-refractivity contribution in [3.05, 3.63) is 77.9 Å². The van der Waals surface area contributed by atoms with Gasteiger partial charge in [0, 0.05) is 24.2 Å². The second kappa shape index (κ2) is 13.0. The van der Waals surface area contributed by atoms with E-state index in [9.17, 15) is 35.2 Å². The van der Waals surface area contributed by atoms with Gasteiger partial charge in [0.1, 0.15) is 6.10 Å². The van der Waals surface area contributed by atoms with E-state index in [1.54, 1.807) is 48.2 Å². The van der Waals surface area contributed by atoms with Crippen molar-refractivity contribution >= 4 is 21.4 Å². The lowest BCUT2D eigenvalue weighted by Gasteiger charge is -2.26. The summed E-state index contributed by atoms with van der Waals surface area (Å²) in [7, 11) is -3.33. The van der Waals surface area contributed by atoms with E-state index in [0.29, 0.717) is 16.8 Å². The number of amides is 1. The van der Waals surface area contributed by atoms with Gasteiger partial charge in [0.15, 0.2) is 15.6 Å². The Morgan fingerprint density at radius 1 is 1.07 bits per heavy atom. The first kappa shape index (κ1) is 31.1. The quantitative estimate of drug-likeness (QED) is 0.315. The van der Waals surface area contributed by atoms with Crippen LogP contribution < -0.4 is 15.0 Å². The number of ether oxygens (including phenoxy) is 2. The van der Waals surface area contributed by atoms with Crippen molar-refractivity contribution in [1.82, 2.24) is 15.3 Å². The van der Waals surface area contributed by atoms with E-state index in [0.717, 1.165) is 12.4 Å². The normalized spacial score (nSPS) is 17.5. The SMILES string of the molecule is CCS(=O)(=O)c1ccc(CNC(=O)c2ccc(N3C[C@@H](Oc4cnc(C(F)(F)F)nc4)C[C@H]3COC(F)F)cc2)cc1. The molecule has 9 nitrogen and oxygen atoms in total. The van der Waals surface area contributed by atoms with Gasteiger partial charge in [0.05, 0.1) is 42.2 Å². The molecule has 0 bridgehead atoms. The molecule has 1 aliphatic rings. The maximum atomic E-state index is 12.8. The molecular weight excluding hydrogens is 587 g/mol. The highest BCUT2D eigenvalue weighted by Gasteiger charge is 2.36. The van der Waals surface area contributed by atoms with Gasteiger partial charge >= 0.3 is 12.8 Å². The number of halogens is 5. The number of hydrogen-bond donors (Lipinski definition) is 1. The van der Waals surface area contributed by atoms with Crippen LogP contribution in [-0.2, 0) is 27.3 Å². The minimum Gasteiger partial charge on any atom is -0.485 e. The molecule has 2 aromatic carbocycles. The highest BCUT2D eigenvalue weighted by atomic mass is 32.2. The Bertz CT molecular complexity index is 1450. The van der Waals surface area contributed by atoms with Gasteiger partial charge in [0.2, 0.25) is 5.82 Å². The first-order chi connectivity index (χ1) is 19.9. The van der Waals surface area contributed by atoms with Crippen molar-refractivity contribution in [1.29, 1.82) is 0 Å². The molecule has 0 saturated carbocycles. The minimum absolute atomic E-state index is 0.00275. The largest absolute Gasteiger partial charge is 0.485 e. The number of rotatable bonds is 11. The molecule has 226 valence electrons. The summed E-state index contributed by atoms with van der Waals surface area (Å²) in [5.74, 6) is -1.71. The Kier molecular flexibility index (Phi) is 9.61. The predicted octanol–water partition coefficient (Wildman–Crippen LogP) is 4.48. The first-order valence-corrected chi connectivity index (χ1v) is 14.4. The summed E-state index contributed by atoms with van der Waals surface area (Å²) in [5, 5.41) is 2.76. The molecule has 1 saturated heterocycles. The Morgan fingerprint density at radius 3 is 2.29 bits per heavy atom. The van der Waals surface area contributed by atoms with Crippen LogP contribution in [0.1, 0.15) is 35.1 Å². The van der Waals surface area contributed by atoms with Crippen molar-refractivity contribution in [2.45, 2.75) is 49.7 Å². The zero-order valence-electron chi connectivity index (χ0n) is 22.2. The molecule has 0 spiro atoms. The van der Waals surface area contributed by atoms with E-state index >= 15 is 0 Å². The molecule has 1 aliphatic heterocycles. The van der Waals surface area contributed by atoms with Crippen LogP contribution in [0.5, 0.6) is 5.75 Å². The third-order valence-electron chi connectivity index (χ3n) is 6.55. The van der Waals surface area contributed by atoms with Crippen LogP contribution in [0.3, 0.4) is 0 Å². The van der Waals surface area contributed by atoms with E-state index in [-0.39, 0.29) is 48.4 Å². The highest BCUT2D eigenvalue weighted by Crippen LogP contribution is 2.30. The van der Waals surface area contributed by atoms with Crippen molar-refractivity contribution < 1.29 is 44.6 Å². The smallest absolute Gasteiger partial charge is 0.451 e. The van der Waals surface area contributed by atoms with Crippen molar-refractivity contribution in [2.24, 2.45) is 0 Å². The lowest BCUT2D eigenvalue weighted by Crippen LogP contribution is -2.34. The van der Waals surface area contributed by atoms with E-state index in [2.05, 4.69) is 20.0 Å². The molecule has 4 rings (SSSR count). The third-order valence-corrected chi connectivity index (χ3v) is 8.30. The Balaban J connectivity index is 1.39. The summed E-state index contributed by atoms with van der Waals surface area (Å²) in [6, 6.07) is 12.1. The molecule has 1 amide bonds. The van der Waals surface area contributed by atoms with Crippen LogP contribution in [0.2, 0.25) is 0 Å². The van der Waals surface area contributed by atoms with Gasteiger partial charge < -0.3 is 19.7 Å². The maximum absolute atomic E-state index is 12.8. The molecule has 1 aromatic heterocycles. The summed E-state index contributed by atoms with van der Waals surface area (Å²) >= 11 is 0. The van der Waals surface area contributed by atoms with Crippen molar-refractivity contribution in [3.63, 3.8) is 0 Å². The Morgan fingerprint density at radius 2 is 1.71 bits per heavy atom. The molecule has 2 heterocycles. The van der Waals surface area contributed by atoms with Crippen LogP contribution in [0.4, 0.5) is 27.6 Å². The summed E-state index contributed by atoms with van der Waals surface area (Å²) in [4.78, 5) is 21.2. The van der Waals surface area contributed by atoms with Gasteiger partial charge in [-0.3, -0.25) is 4.79 Å². The lowest BCUT2D eigenvalue weighted by molar-refractivity contribution is -0.145. The first-order valence-electron chi connectivity index (χ1n) is 12.8. The fourth-order valence-corrected chi connectivity index (χ4v) is 5.29. The average Bonchev–Trinajstić information content (AvgIpc) is 3.37. The topological polar surface area (TPSA) is 111 Å². The van der Waals surface area contributed by atoms with Gasteiger partial charge in [-0.1, -0.05) is 19.1 Å². The number of nitrogens with one attached hydrogen (secondary N) is 1. The number of carbonyl (C=O) groups is 1. The number of benzene rings is 2. The molecule has 42 heavy (non-hydrogen) atoms. The number of anilines is 1. The fraction of sp³-hybridized carbons (Fsp3) is 0.370. The minimum atomic E-state index is -4.70. The molecule has 0 aliphatic carbocycles. The van der Waals surface area contributed by atoms with E-state index in [4.69, 9.17) is 4.74 Å². The number of alkyl halides is 5. The van der Waals surface area contributed by atoms with E-state index < -0.39 is 40.6 Å². The molecule has 0 unspecified atom stereocenters. The summed E-state index contributed by atoms with van der Waals surface area (Å²) in [6.07, 6.45) is -3.25. The second-order valence-corrected chi connectivity index (χ2v) is 11.7. The number of sulfone groups is 1. The van der Waals surface area contributed by atoms with Crippen LogP contribution in [0, 0.1) is 0 Å². The van der Waals surface area contributed by atoms with E-state index in [1.807, 2.05) is 0 Å². The number of carbonyl (C=O) groups excluding carboxylic acids is 1. The van der Waals surface area contributed by atoms with Crippen LogP contribution >= 0.6 is 0 Å². The van der Waals surface area contributed by atoms with Crippen molar-refractivity contribution in [3.8, 4) is 5.75 Å². The van der Waals surface area contributed by atoms with Gasteiger partial charge in [-0.25, -0.2) is 18.4 Å². The standard InChI is InChI=1S/C27H27F5N4O5S/c1-2-42(38,39)23-9-3-17(4-10-23)12-33-24(37)18-5-7-19(8-6-18)36-15-21(11-20(36)16-40-26(28)29)41-22-13-34-25(35-14-22)27(30,31)32/h3-10,13-14,20-21,26H,2,11-12,15-16H2,1H3,(H,33,37)/t20-,21-/m0/s1. The number of aromatic nitrogens is 2. The molecular formula is C27H27F5N4O5S. The molecule has 0 radical (unpaired) electrons. The second-order valence-electron chi connectivity index (χ2n) is 9.39. The number of hydrogen-bond acceptors (Lipinski definition) is 8. The number of nitrogens with zero attached hydrogens (tertiary/aromatic N) is 3. The molecule has 3 aromatic rings. The van der Waals surface area contributed by atoms with Gasteiger partial charge in [-0.15, -0.1) is 0 Å². The summed E-state index contributed by atoms with van der Waals surface area (Å²) in [5.41, 5.74) is 1.63. The fourth-order valence-electron chi connectivity index (χ4n) is 4.40. The zero-order valence-corrected chi connectivity index (χ0v) is 23.0. The Hall–Kier alpha value is -3.85. The summed E-state index contributed by atoms with van der Waals surface area (Å²) in [6.45, 7) is -1.40. The molecule has 1 fully saturated rings.